The van der Waals surface area contributed by atoms with Gasteiger partial charge in [0.2, 0.25) is 0 Å². The Balaban J connectivity index is 2.15. The van der Waals surface area contributed by atoms with Crippen LogP contribution in [0, 0.1) is 0 Å². The maximum absolute atomic E-state index is 6.30. The third kappa shape index (κ3) is 1.83. The van der Waals surface area contributed by atoms with Crippen LogP contribution in [0.3, 0.4) is 0 Å². The second-order valence-corrected chi connectivity index (χ2v) is 5.44. The van der Waals surface area contributed by atoms with E-state index in [9.17, 15) is 0 Å². The summed E-state index contributed by atoms with van der Waals surface area (Å²) < 4.78 is 2.13. The molecular weight excluding hydrogens is 246 g/mol. The van der Waals surface area contributed by atoms with Crippen molar-refractivity contribution in [3.8, 4) is 0 Å². The molecule has 0 saturated carbocycles. The first kappa shape index (κ1) is 12.0. The second kappa shape index (κ2) is 4.57. The van der Waals surface area contributed by atoms with Crippen molar-refractivity contribution in [2.24, 2.45) is 7.05 Å². The number of hydrogen-bond donors (Lipinski definition) is 1. The van der Waals surface area contributed by atoms with E-state index >= 15 is 0 Å². The zero-order valence-corrected chi connectivity index (χ0v) is 11.5. The zero-order valence-electron chi connectivity index (χ0n) is 10.8. The minimum Gasteiger partial charge on any atom is -0.349 e. The molecule has 1 atom stereocenters. The van der Waals surface area contributed by atoms with Crippen molar-refractivity contribution >= 4 is 22.5 Å². The molecule has 1 fully saturated rings. The van der Waals surface area contributed by atoms with Crippen molar-refractivity contribution in [1.82, 2.24) is 14.8 Å². The Morgan fingerprint density at radius 3 is 2.94 bits per heavy atom. The fourth-order valence-corrected chi connectivity index (χ4v) is 3.18. The highest BCUT2D eigenvalue weighted by molar-refractivity contribution is 6.35. The van der Waals surface area contributed by atoms with Gasteiger partial charge in [0.1, 0.15) is 0 Å². The van der Waals surface area contributed by atoms with Crippen LogP contribution >= 0.6 is 11.6 Å². The number of aromatic nitrogens is 1. The standard InChI is InChI=1S/C14H18ClN3/c1-17-7-6-16-8-13(17)11-9-18(2)14-10(11)4-3-5-12(14)15/h3-5,9,13,16H,6-8H2,1-2H3. The molecule has 3 rings (SSSR count). The predicted octanol–water partition coefficient (Wildman–Crippen LogP) is 2.41. The maximum atomic E-state index is 6.30. The van der Waals surface area contributed by atoms with Crippen molar-refractivity contribution in [3.05, 3.63) is 35.0 Å². The Morgan fingerprint density at radius 2 is 2.17 bits per heavy atom. The summed E-state index contributed by atoms with van der Waals surface area (Å²) in [5, 5.41) is 5.56. The summed E-state index contributed by atoms with van der Waals surface area (Å²) in [7, 11) is 4.25. The van der Waals surface area contributed by atoms with Gasteiger partial charge in [-0.1, -0.05) is 23.7 Å². The molecule has 3 nitrogen and oxygen atoms in total. The lowest BCUT2D eigenvalue weighted by Gasteiger charge is -2.33. The molecule has 1 N–H and O–H groups in total. The topological polar surface area (TPSA) is 20.2 Å². The molecule has 2 aromatic rings. The minimum absolute atomic E-state index is 0.431. The molecule has 0 spiro atoms. The van der Waals surface area contributed by atoms with Gasteiger partial charge in [-0.05, 0) is 18.7 Å². The molecule has 1 aliphatic rings. The molecular formula is C14H18ClN3. The van der Waals surface area contributed by atoms with Crippen molar-refractivity contribution in [2.75, 3.05) is 26.7 Å². The van der Waals surface area contributed by atoms with Crippen molar-refractivity contribution in [1.29, 1.82) is 0 Å². The van der Waals surface area contributed by atoms with E-state index in [-0.39, 0.29) is 0 Å². The first-order valence-electron chi connectivity index (χ1n) is 6.33. The number of para-hydroxylation sites is 1. The summed E-state index contributed by atoms with van der Waals surface area (Å²) in [6, 6.07) is 6.58. The van der Waals surface area contributed by atoms with Crippen molar-refractivity contribution in [3.63, 3.8) is 0 Å². The lowest BCUT2D eigenvalue weighted by Crippen LogP contribution is -2.43. The van der Waals surface area contributed by atoms with Gasteiger partial charge in [-0.3, -0.25) is 4.90 Å². The Morgan fingerprint density at radius 1 is 1.33 bits per heavy atom. The third-order valence-electron chi connectivity index (χ3n) is 3.85. The predicted molar refractivity (Wildman–Crippen MR) is 76.2 cm³/mol. The molecule has 0 bridgehead atoms. The van der Waals surface area contributed by atoms with Gasteiger partial charge in [0, 0.05) is 44.3 Å². The van der Waals surface area contributed by atoms with Crippen LogP contribution in [-0.4, -0.2) is 36.1 Å². The number of benzene rings is 1. The van der Waals surface area contributed by atoms with Gasteiger partial charge in [-0.25, -0.2) is 0 Å². The van der Waals surface area contributed by atoms with Crippen molar-refractivity contribution in [2.45, 2.75) is 6.04 Å². The van der Waals surface area contributed by atoms with Gasteiger partial charge in [0.05, 0.1) is 10.5 Å². The number of halogens is 1. The second-order valence-electron chi connectivity index (χ2n) is 5.03. The molecule has 1 aromatic heterocycles. The van der Waals surface area contributed by atoms with Crippen LogP contribution in [0.2, 0.25) is 5.02 Å². The van der Waals surface area contributed by atoms with Crippen LogP contribution in [-0.2, 0) is 7.05 Å². The van der Waals surface area contributed by atoms with E-state index in [1.54, 1.807) is 0 Å². The summed E-state index contributed by atoms with van der Waals surface area (Å²) in [5.41, 5.74) is 2.50. The first-order valence-corrected chi connectivity index (χ1v) is 6.70. The Labute approximate surface area is 112 Å². The highest BCUT2D eigenvalue weighted by Gasteiger charge is 2.24. The number of fused-ring (bicyclic) bond motifs is 1. The number of aryl methyl sites for hydroxylation is 1. The lowest BCUT2D eigenvalue weighted by molar-refractivity contribution is 0.203. The van der Waals surface area contributed by atoms with E-state index in [0.717, 1.165) is 30.2 Å². The largest absolute Gasteiger partial charge is 0.349 e. The number of rotatable bonds is 1. The average Bonchev–Trinajstić information content (AvgIpc) is 2.69. The monoisotopic (exact) mass is 263 g/mol. The summed E-state index contributed by atoms with van der Waals surface area (Å²) in [6.07, 6.45) is 2.21. The van der Waals surface area contributed by atoms with Gasteiger partial charge in [-0.15, -0.1) is 0 Å². The molecule has 0 aliphatic carbocycles. The van der Waals surface area contributed by atoms with E-state index in [0.29, 0.717) is 6.04 Å². The fourth-order valence-electron chi connectivity index (χ4n) is 2.87. The normalized spacial score (nSPS) is 21.6. The van der Waals surface area contributed by atoms with Gasteiger partial charge in [-0.2, -0.15) is 0 Å². The fraction of sp³-hybridized carbons (Fsp3) is 0.429. The molecule has 1 aliphatic heterocycles. The van der Waals surface area contributed by atoms with E-state index in [1.807, 2.05) is 12.1 Å². The average molecular weight is 264 g/mol. The molecule has 1 unspecified atom stereocenters. The smallest absolute Gasteiger partial charge is 0.0670 e. The van der Waals surface area contributed by atoms with Crippen LogP contribution in [0.15, 0.2) is 24.4 Å². The molecule has 0 amide bonds. The Hall–Kier alpha value is -1.03. The minimum atomic E-state index is 0.431. The SMILES string of the molecule is CN1CCNCC1c1cn(C)c2c(Cl)cccc12. The molecule has 2 heterocycles. The van der Waals surface area contributed by atoms with Gasteiger partial charge >= 0.3 is 0 Å². The van der Waals surface area contributed by atoms with Crippen LogP contribution in [0.1, 0.15) is 11.6 Å². The van der Waals surface area contributed by atoms with E-state index in [2.05, 4.69) is 41.1 Å². The number of nitrogens with zero attached hydrogens (tertiary/aromatic N) is 2. The maximum Gasteiger partial charge on any atom is 0.0670 e. The number of likely N-dealkylation sites (N-methyl/N-ethyl adjacent to an activating group) is 1. The number of piperazine rings is 1. The van der Waals surface area contributed by atoms with Crippen LogP contribution in [0.4, 0.5) is 0 Å². The molecule has 96 valence electrons. The van der Waals surface area contributed by atoms with E-state index < -0.39 is 0 Å². The molecule has 18 heavy (non-hydrogen) atoms. The number of hydrogen-bond acceptors (Lipinski definition) is 2. The van der Waals surface area contributed by atoms with Crippen LogP contribution < -0.4 is 5.32 Å². The zero-order chi connectivity index (χ0) is 12.7. The van der Waals surface area contributed by atoms with E-state index in [4.69, 9.17) is 11.6 Å². The summed E-state index contributed by atoms with van der Waals surface area (Å²) in [5.74, 6) is 0. The molecule has 0 radical (unpaired) electrons. The highest BCUT2D eigenvalue weighted by atomic mass is 35.5. The summed E-state index contributed by atoms with van der Waals surface area (Å²) >= 11 is 6.30. The van der Waals surface area contributed by atoms with Gasteiger partial charge < -0.3 is 9.88 Å². The molecule has 1 aromatic carbocycles. The van der Waals surface area contributed by atoms with Crippen LogP contribution in [0.5, 0.6) is 0 Å². The van der Waals surface area contributed by atoms with E-state index in [1.165, 1.54) is 10.9 Å². The van der Waals surface area contributed by atoms with Gasteiger partial charge in [0.25, 0.3) is 0 Å². The quantitative estimate of drug-likeness (QED) is 0.853. The summed E-state index contributed by atoms with van der Waals surface area (Å²) in [6.45, 7) is 3.16. The lowest BCUT2D eigenvalue weighted by atomic mass is 10.0. The number of nitrogens with one attached hydrogen (secondary N) is 1. The van der Waals surface area contributed by atoms with Crippen LogP contribution in [0.25, 0.3) is 10.9 Å². The Kier molecular flexibility index (Phi) is 3.06. The highest BCUT2D eigenvalue weighted by Crippen LogP contribution is 2.33. The summed E-state index contributed by atoms with van der Waals surface area (Å²) in [4.78, 5) is 2.41. The molecule has 1 saturated heterocycles. The first-order chi connectivity index (χ1) is 8.68. The molecule has 4 heteroatoms. The van der Waals surface area contributed by atoms with Gasteiger partial charge in [0.15, 0.2) is 0 Å². The Bertz CT molecular complexity index is 576. The third-order valence-corrected chi connectivity index (χ3v) is 4.16. The van der Waals surface area contributed by atoms with Crippen molar-refractivity contribution < 1.29 is 0 Å².